The summed E-state index contributed by atoms with van der Waals surface area (Å²) in [6.07, 6.45) is 7.01. The number of carbonyl (C=O) groups is 1. The van der Waals surface area contributed by atoms with E-state index in [0.717, 1.165) is 38.9 Å². The number of rotatable bonds is 6. The molecule has 5 heteroatoms. The van der Waals surface area contributed by atoms with Gasteiger partial charge in [-0.25, -0.2) is 0 Å². The van der Waals surface area contributed by atoms with E-state index in [2.05, 4.69) is 22.0 Å². The first-order valence-corrected chi connectivity index (χ1v) is 8.60. The van der Waals surface area contributed by atoms with Crippen LogP contribution >= 0.6 is 0 Å². The van der Waals surface area contributed by atoms with E-state index in [1.165, 1.54) is 25.8 Å². The summed E-state index contributed by atoms with van der Waals surface area (Å²) < 4.78 is 0. The molecule has 0 bridgehead atoms. The molecule has 0 aromatic carbocycles. The Morgan fingerprint density at radius 3 is 2.81 bits per heavy atom. The fourth-order valence-corrected chi connectivity index (χ4v) is 3.83. The molecule has 3 aliphatic rings. The largest absolute Gasteiger partial charge is 0.480 e. The third kappa shape index (κ3) is 3.96. The summed E-state index contributed by atoms with van der Waals surface area (Å²) >= 11 is 0. The molecule has 3 atom stereocenters. The van der Waals surface area contributed by atoms with Crippen molar-refractivity contribution in [2.45, 2.75) is 69.6 Å². The Morgan fingerprint density at radius 2 is 2.10 bits per heavy atom. The summed E-state index contributed by atoms with van der Waals surface area (Å²) in [5.74, 6) is -0.689. The zero-order valence-electron chi connectivity index (χ0n) is 13.1. The van der Waals surface area contributed by atoms with Crippen molar-refractivity contribution in [2.75, 3.05) is 26.2 Å². The lowest BCUT2D eigenvalue weighted by atomic mass is 9.97. The van der Waals surface area contributed by atoms with Crippen LogP contribution in [0.4, 0.5) is 0 Å². The Labute approximate surface area is 127 Å². The van der Waals surface area contributed by atoms with Crippen LogP contribution in [-0.4, -0.2) is 71.2 Å². The average Bonchev–Trinajstić information content (AvgIpc) is 3.27. The summed E-state index contributed by atoms with van der Waals surface area (Å²) in [5, 5.41) is 12.6. The molecule has 2 aliphatic heterocycles. The fraction of sp³-hybridized carbons (Fsp3) is 0.938. The molecular formula is C16H29N3O2. The molecule has 2 N–H and O–H groups in total. The monoisotopic (exact) mass is 295 g/mol. The van der Waals surface area contributed by atoms with Crippen molar-refractivity contribution in [3.63, 3.8) is 0 Å². The number of hydrogen-bond acceptors (Lipinski definition) is 4. The van der Waals surface area contributed by atoms with Gasteiger partial charge in [-0.1, -0.05) is 6.42 Å². The molecule has 21 heavy (non-hydrogen) atoms. The number of aliphatic carboxylic acids is 1. The maximum atomic E-state index is 11.4. The predicted molar refractivity (Wildman–Crippen MR) is 82.4 cm³/mol. The lowest BCUT2D eigenvalue weighted by Crippen LogP contribution is -2.59. The Morgan fingerprint density at radius 1 is 1.29 bits per heavy atom. The first-order chi connectivity index (χ1) is 10.1. The first-order valence-electron chi connectivity index (χ1n) is 8.60. The van der Waals surface area contributed by atoms with Crippen molar-refractivity contribution in [3.05, 3.63) is 0 Å². The van der Waals surface area contributed by atoms with E-state index in [1.807, 2.05) is 0 Å². The van der Waals surface area contributed by atoms with Crippen molar-refractivity contribution < 1.29 is 9.90 Å². The van der Waals surface area contributed by atoms with Crippen LogP contribution in [-0.2, 0) is 4.79 Å². The second kappa shape index (κ2) is 6.63. The number of fused-ring (bicyclic) bond motifs is 1. The van der Waals surface area contributed by atoms with Gasteiger partial charge in [0.2, 0.25) is 0 Å². The molecule has 0 radical (unpaired) electrons. The summed E-state index contributed by atoms with van der Waals surface area (Å²) in [6.45, 7) is 6.72. The summed E-state index contributed by atoms with van der Waals surface area (Å²) in [7, 11) is 0. The van der Waals surface area contributed by atoms with Crippen LogP contribution in [0.25, 0.3) is 0 Å². The Balaban J connectivity index is 1.49. The molecular weight excluding hydrogens is 266 g/mol. The zero-order valence-corrected chi connectivity index (χ0v) is 13.1. The maximum Gasteiger partial charge on any atom is 0.320 e. The number of nitrogens with one attached hydrogen (secondary N) is 1. The van der Waals surface area contributed by atoms with Gasteiger partial charge in [0.25, 0.3) is 0 Å². The first kappa shape index (κ1) is 15.3. The van der Waals surface area contributed by atoms with Gasteiger partial charge in [0.1, 0.15) is 6.04 Å². The lowest BCUT2D eigenvalue weighted by Gasteiger charge is -2.47. The molecule has 3 unspecified atom stereocenters. The molecule has 0 amide bonds. The average molecular weight is 295 g/mol. The fourth-order valence-electron chi connectivity index (χ4n) is 3.83. The number of carboxylic acids is 1. The third-order valence-corrected chi connectivity index (χ3v) is 5.33. The van der Waals surface area contributed by atoms with E-state index in [1.54, 1.807) is 0 Å². The molecule has 2 saturated heterocycles. The molecule has 5 nitrogen and oxygen atoms in total. The van der Waals surface area contributed by atoms with Gasteiger partial charge in [0, 0.05) is 37.8 Å². The van der Waals surface area contributed by atoms with E-state index in [4.69, 9.17) is 0 Å². The highest BCUT2D eigenvalue weighted by atomic mass is 16.4. The molecule has 0 spiro atoms. The SMILES string of the molecule is CC1CN2CCCCC2CN1CCC(NC1CC1)C(=O)O. The van der Waals surface area contributed by atoms with Gasteiger partial charge in [0.05, 0.1) is 0 Å². The molecule has 120 valence electrons. The summed E-state index contributed by atoms with van der Waals surface area (Å²) in [5.41, 5.74) is 0. The Hall–Kier alpha value is -0.650. The summed E-state index contributed by atoms with van der Waals surface area (Å²) in [4.78, 5) is 16.5. The smallest absolute Gasteiger partial charge is 0.320 e. The highest BCUT2D eigenvalue weighted by molar-refractivity contribution is 5.73. The number of hydrogen-bond donors (Lipinski definition) is 2. The second-order valence-corrected chi connectivity index (χ2v) is 7.11. The van der Waals surface area contributed by atoms with Crippen LogP contribution < -0.4 is 5.32 Å². The zero-order chi connectivity index (χ0) is 14.8. The van der Waals surface area contributed by atoms with E-state index in [9.17, 15) is 9.90 Å². The van der Waals surface area contributed by atoms with Crippen molar-refractivity contribution in [2.24, 2.45) is 0 Å². The predicted octanol–water partition coefficient (Wildman–Crippen LogP) is 1.14. The molecule has 0 aromatic heterocycles. The topological polar surface area (TPSA) is 55.8 Å². The number of nitrogens with zero attached hydrogens (tertiary/aromatic N) is 2. The van der Waals surface area contributed by atoms with Crippen molar-refractivity contribution in [1.29, 1.82) is 0 Å². The standard InChI is InChI=1S/C16H29N3O2/c1-12-10-19-8-3-2-4-14(19)11-18(12)9-7-15(16(20)21)17-13-5-6-13/h12-15,17H,2-11H2,1H3,(H,20,21). The van der Waals surface area contributed by atoms with E-state index < -0.39 is 5.97 Å². The van der Waals surface area contributed by atoms with Crippen LogP contribution in [0.5, 0.6) is 0 Å². The van der Waals surface area contributed by atoms with E-state index in [0.29, 0.717) is 18.1 Å². The normalized spacial score (nSPS) is 32.6. The van der Waals surface area contributed by atoms with Gasteiger partial charge in [-0.05, 0) is 45.6 Å². The molecule has 3 fully saturated rings. The molecule has 3 rings (SSSR count). The number of carboxylic acid groups (broad SMARTS) is 1. The minimum Gasteiger partial charge on any atom is -0.480 e. The minimum absolute atomic E-state index is 0.367. The third-order valence-electron chi connectivity index (χ3n) is 5.33. The van der Waals surface area contributed by atoms with Crippen molar-refractivity contribution >= 4 is 5.97 Å². The summed E-state index contributed by atoms with van der Waals surface area (Å²) in [6, 6.07) is 1.34. The minimum atomic E-state index is -0.689. The molecule has 0 aromatic rings. The Kier molecular flexibility index (Phi) is 4.82. The van der Waals surface area contributed by atoms with Crippen LogP contribution in [0.15, 0.2) is 0 Å². The van der Waals surface area contributed by atoms with Crippen molar-refractivity contribution in [1.82, 2.24) is 15.1 Å². The number of piperazine rings is 1. The highest BCUT2D eigenvalue weighted by Gasteiger charge is 2.34. The van der Waals surface area contributed by atoms with Gasteiger partial charge in [0.15, 0.2) is 0 Å². The quantitative estimate of drug-likeness (QED) is 0.769. The van der Waals surface area contributed by atoms with Gasteiger partial charge in [-0.2, -0.15) is 0 Å². The maximum absolute atomic E-state index is 11.4. The highest BCUT2D eigenvalue weighted by Crippen LogP contribution is 2.24. The van der Waals surface area contributed by atoms with Gasteiger partial charge >= 0.3 is 5.97 Å². The van der Waals surface area contributed by atoms with Crippen molar-refractivity contribution in [3.8, 4) is 0 Å². The van der Waals surface area contributed by atoms with Crippen LogP contribution in [0, 0.1) is 0 Å². The van der Waals surface area contributed by atoms with Crippen LogP contribution in [0.1, 0.15) is 45.4 Å². The van der Waals surface area contributed by atoms with Crippen LogP contribution in [0.3, 0.4) is 0 Å². The van der Waals surface area contributed by atoms with Crippen LogP contribution in [0.2, 0.25) is 0 Å². The van der Waals surface area contributed by atoms with E-state index in [-0.39, 0.29) is 6.04 Å². The van der Waals surface area contributed by atoms with Gasteiger partial charge in [-0.3, -0.25) is 14.6 Å². The Bertz CT molecular complexity index is 373. The lowest BCUT2D eigenvalue weighted by molar-refractivity contribution is -0.139. The molecule has 1 saturated carbocycles. The number of piperidine rings is 1. The van der Waals surface area contributed by atoms with E-state index >= 15 is 0 Å². The second-order valence-electron chi connectivity index (χ2n) is 7.11. The van der Waals surface area contributed by atoms with Gasteiger partial charge < -0.3 is 10.4 Å². The molecule has 2 heterocycles. The van der Waals surface area contributed by atoms with Gasteiger partial charge in [-0.15, -0.1) is 0 Å². The molecule has 1 aliphatic carbocycles.